The summed E-state index contributed by atoms with van der Waals surface area (Å²) in [6.07, 6.45) is -3.74. The number of sulfonamides is 1. The maximum absolute atomic E-state index is 13.5. The third-order valence-electron chi connectivity index (χ3n) is 3.50. The van der Waals surface area contributed by atoms with Crippen LogP contribution in [0.5, 0.6) is 0 Å². The first-order valence-electron chi connectivity index (χ1n) is 6.72. The largest absolute Gasteiger partial charge is 0.419 e. The number of alkyl halides is 3. The average Bonchev–Trinajstić information content (AvgIpc) is 2.36. The molecule has 9 heteroatoms. The van der Waals surface area contributed by atoms with Crippen molar-refractivity contribution in [2.24, 2.45) is 0 Å². The van der Waals surface area contributed by atoms with E-state index < -0.39 is 32.5 Å². The van der Waals surface area contributed by atoms with Crippen LogP contribution >= 0.6 is 0 Å². The van der Waals surface area contributed by atoms with Crippen LogP contribution in [0, 0.1) is 5.82 Å². The maximum atomic E-state index is 13.5. The number of hydrogen-bond donors (Lipinski definition) is 2. The minimum absolute atomic E-state index is 0.130. The van der Waals surface area contributed by atoms with E-state index in [-0.39, 0.29) is 12.1 Å². The molecule has 0 aliphatic carbocycles. The average molecular weight is 340 g/mol. The highest BCUT2D eigenvalue weighted by Gasteiger charge is 2.35. The summed E-state index contributed by atoms with van der Waals surface area (Å²) in [7, 11) is -4.05. The van der Waals surface area contributed by atoms with Crippen LogP contribution in [0.1, 0.15) is 25.3 Å². The van der Waals surface area contributed by atoms with E-state index in [1.165, 1.54) is 0 Å². The molecule has 124 valence electrons. The molecule has 0 saturated carbocycles. The fourth-order valence-corrected chi connectivity index (χ4v) is 3.71. The molecule has 1 saturated heterocycles. The lowest BCUT2D eigenvalue weighted by molar-refractivity contribution is -0.140. The van der Waals surface area contributed by atoms with Gasteiger partial charge in [-0.1, -0.05) is 0 Å². The maximum Gasteiger partial charge on any atom is 0.419 e. The van der Waals surface area contributed by atoms with Gasteiger partial charge in [0.25, 0.3) is 0 Å². The van der Waals surface area contributed by atoms with Crippen molar-refractivity contribution in [2.75, 3.05) is 6.54 Å². The van der Waals surface area contributed by atoms with E-state index in [4.69, 9.17) is 0 Å². The number of rotatable bonds is 3. The van der Waals surface area contributed by atoms with Crippen LogP contribution in [-0.4, -0.2) is 27.0 Å². The van der Waals surface area contributed by atoms with Crippen LogP contribution in [-0.2, 0) is 16.2 Å². The molecule has 2 unspecified atom stereocenters. The van der Waals surface area contributed by atoms with Crippen LogP contribution < -0.4 is 10.0 Å². The van der Waals surface area contributed by atoms with Gasteiger partial charge in [-0.3, -0.25) is 0 Å². The second kappa shape index (κ2) is 6.13. The molecular formula is C13H16F4N2O2S. The number of benzene rings is 1. The van der Waals surface area contributed by atoms with E-state index in [1.54, 1.807) is 0 Å². The molecule has 1 heterocycles. The molecule has 0 radical (unpaired) electrons. The Bertz CT molecular complexity index is 646. The number of hydrogen-bond acceptors (Lipinski definition) is 3. The normalized spacial score (nSPS) is 23.5. The van der Waals surface area contributed by atoms with E-state index in [0.29, 0.717) is 31.5 Å². The first kappa shape index (κ1) is 17.2. The van der Waals surface area contributed by atoms with Gasteiger partial charge in [0.2, 0.25) is 10.0 Å². The van der Waals surface area contributed by atoms with Gasteiger partial charge in [-0.15, -0.1) is 0 Å². The zero-order chi connectivity index (χ0) is 16.5. The summed E-state index contributed by atoms with van der Waals surface area (Å²) >= 11 is 0. The Morgan fingerprint density at radius 1 is 1.32 bits per heavy atom. The molecule has 1 aromatic rings. The predicted molar refractivity (Wildman–Crippen MR) is 72.2 cm³/mol. The fraction of sp³-hybridized carbons (Fsp3) is 0.538. The van der Waals surface area contributed by atoms with E-state index in [0.717, 1.165) is 6.07 Å². The summed E-state index contributed by atoms with van der Waals surface area (Å²) in [5.41, 5.74) is -1.48. The highest BCUT2D eigenvalue weighted by atomic mass is 32.2. The SMILES string of the molecule is CC1CC(NS(=O)(=O)c2ccc(C(F)(F)F)c(F)c2)CCN1. The summed E-state index contributed by atoms with van der Waals surface area (Å²) in [5.74, 6) is -1.60. The molecule has 0 bridgehead atoms. The third kappa shape index (κ3) is 3.96. The Kier molecular flexibility index (Phi) is 4.78. The Morgan fingerprint density at radius 3 is 2.55 bits per heavy atom. The molecular weight excluding hydrogens is 324 g/mol. The van der Waals surface area contributed by atoms with Crippen molar-refractivity contribution in [1.29, 1.82) is 0 Å². The molecule has 2 N–H and O–H groups in total. The van der Waals surface area contributed by atoms with Crippen LogP contribution in [0.3, 0.4) is 0 Å². The molecule has 0 amide bonds. The summed E-state index contributed by atoms with van der Waals surface area (Å²) < 4.78 is 77.6. The van der Waals surface area contributed by atoms with Crippen molar-refractivity contribution in [1.82, 2.24) is 10.0 Å². The molecule has 2 atom stereocenters. The van der Waals surface area contributed by atoms with Gasteiger partial charge in [-0.05, 0) is 44.5 Å². The van der Waals surface area contributed by atoms with Gasteiger partial charge in [0, 0.05) is 12.1 Å². The molecule has 4 nitrogen and oxygen atoms in total. The van der Waals surface area contributed by atoms with Crippen molar-refractivity contribution in [3.8, 4) is 0 Å². The molecule has 0 aromatic heterocycles. The molecule has 1 aliphatic rings. The molecule has 22 heavy (non-hydrogen) atoms. The highest BCUT2D eigenvalue weighted by Crippen LogP contribution is 2.32. The van der Waals surface area contributed by atoms with Gasteiger partial charge < -0.3 is 5.32 Å². The van der Waals surface area contributed by atoms with Gasteiger partial charge in [0.15, 0.2) is 0 Å². The minimum Gasteiger partial charge on any atom is -0.314 e. The van der Waals surface area contributed by atoms with Crippen molar-refractivity contribution in [2.45, 2.75) is 42.9 Å². The summed E-state index contributed by atoms with van der Waals surface area (Å²) in [5, 5.41) is 3.15. The minimum atomic E-state index is -4.86. The third-order valence-corrected chi connectivity index (χ3v) is 5.02. The van der Waals surface area contributed by atoms with Crippen molar-refractivity contribution in [3.63, 3.8) is 0 Å². The van der Waals surface area contributed by atoms with Crippen molar-refractivity contribution < 1.29 is 26.0 Å². The molecule has 1 aromatic carbocycles. The lowest BCUT2D eigenvalue weighted by Crippen LogP contribution is -2.46. The molecule has 2 rings (SSSR count). The summed E-state index contributed by atoms with van der Waals surface area (Å²) in [6.45, 7) is 2.54. The zero-order valence-electron chi connectivity index (χ0n) is 11.7. The Morgan fingerprint density at radius 2 is 2.00 bits per heavy atom. The summed E-state index contributed by atoms with van der Waals surface area (Å²) in [4.78, 5) is -0.510. The monoisotopic (exact) mass is 340 g/mol. The van der Waals surface area contributed by atoms with Crippen LogP contribution in [0.15, 0.2) is 23.1 Å². The van der Waals surface area contributed by atoms with E-state index >= 15 is 0 Å². The lowest BCUT2D eigenvalue weighted by Gasteiger charge is -2.28. The van der Waals surface area contributed by atoms with Gasteiger partial charge >= 0.3 is 6.18 Å². The zero-order valence-corrected chi connectivity index (χ0v) is 12.6. The number of nitrogens with one attached hydrogen (secondary N) is 2. The summed E-state index contributed by atoms with van der Waals surface area (Å²) in [6, 6.07) is 1.40. The van der Waals surface area contributed by atoms with E-state index in [9.17, 15) is 26.0 Å². The Balaban J connectivity index is 2.21. The number of piperidine rings is 1. The first-order chi connectivity index (χ1) is 10.1. The topological polar surface area (TPSA) is 58.2 Å². The lowest BCUT2D eigenvalue weighted by atomic mass is 10.0. The highest BCUT2D eigenvalue weighted by molar-refractivity contribution is 7.89. The quantitative estimate of drug-likeness (QED) is 0.830. The standard InChI is InChI=1S/C13H16F4N2O2S/c1-8-6-9(4-5-18-8)19-22(20,21)10-2-3-11(12(14)7-10)13(15,16)17/h2-3,7-9,18-19H,4-6H2,1H3. The number of halogens is 4. The Hall–Kier alpha value is -1.19. The van der Waals surface area contributed by atoms with Gasteiger partial charge in [-0.2, -0.15) is 13.2 Å². The second-order valence-corrected chi connectivity index (χ2v) is 7.05. The van der Waals surface area contributed by atoms with Crippen molar-refractivity contribution in [3.05, 3.63) is 29.6 Å². The van der Waals surface area contributed by atoms with Crippen LogP contribution in [0.25, 0.3) is 0 Å². The van der Waals surface area contributed by atoms with Gasteiger partial charge in [-0.25, -0.2) is 17.5 Å². The van der Waals surface area contributed by atoms with Crippen LogP contribution in [0.4, 0.5) is 17.6 Å². The molecule has 0 spiro atoms. The van der Waals surface area contributed by atoms with E-state index in [2.05, 4.69) is 10.0 Å². The van der Waals surface area contributed by atoms with Crippen molar-refractivity contribution >= 4 is 10.0 Å². The van der Waals surface area contributed by atoms with Crippen LogP contribution in [0.2, 0.25) is 0 Å². The second-order valence-electron chi connectivity index (χ2n) is 5.34. The Labute approximate surface area is 126 Å². The predicted octanol–water partition coefficient (Wildman–Crippen LogP) is 2.26. The smallest absolute Gasteiger partial charge is 0.314 e. The van der Waals surface area contributed by atoms with Gasteiger partial charge in [0.05, 0.1) is 10.5 Å². The molecule has 1 fully saturated rings. The first-order valence-corrected chi connectivity index (χ1v) is 8.20. The van der Waals surface area contributed by atoms with E-state index in [1.807, 2.05) is 6.92 Å². The molecule has 1 aliphatic heterocycles. The van der Waals surface area contributed by atoms with Gasteiger partial charge in [0.1, 0.15) is 5.82 Å². The fourth-order valence-electron chi connectivity index (χ4n) is 2.42.